The Morgan fingerprint density at radius 1 is 1.16 bits per heavy atom. The van der Waals surface area contributed by atoms with E-state index < -0.39 is 12.6 Å². The van der Waals surface area contributed by atoms with E-state index in [0.29, 0.717) is 22.9 Å². The highest BCUT2D eigenvalue weighted by Gasteiger charge is 2.33. The lowest BCUT2D eigenvalue weighted by Gasteiger charge is -2.23. The third-order valence-corrected chi connectivity index (χ3v) is 4.21. The van der Waals surface area contributed by atoms with Crippen molar-refractivity contribution in [2.75, 3.05) is 6.61 Å². The molecular weight excluding hydrogens is 342 g/mol. The molecule has 0 bridgehead atoms. The normalized spacial score (nSPS) is 13.3. The number of rotatable bonds is 7. The predicted octanol–water partition coefficient (Wildman–Crippen LogP) is 3.61. The van der Waals surface area contributed by atoms with Gasteiger partial charge in [0.25, 0.3) is 5.91 Å². The van der Waals surface area contributed by atoms with Gasteiger partial charge in [0.15, 0.2) is 6.61 Å². The summed E-state index contributed by atoms with van der Waals surface area (Å²) in [5.41, 5.74) is 1.51. The molecule has 130 valence electrons. The molecule has 1 N–H and O–H groups in total. The summed E-state index contributed by atoms with van der Waals surface area (Å²) in [6.45, 7) is 0.0790. The monoisotopic (exact) mass is 359 g/mol. The molecule has 6 heteroatoms. The van der Waals surface area contributed by atoms with Crippen molar-refractivity contribution in [2.45, 2.75) is 25.4 Å². The van der Waals surface area contributed by atoms with Crippen molar-refractivity contribution in [1.82, 2.24) is 4.90 Å². The lowest BCUT2D eigenvalue weighted by atomic mass is 10.1. The molecule has 0 unspecified atom stereocenters. The first kappa shape index (κ1) is 17.3. The lowest BCUT2D eigenvalue weighted by Crippen LogP contribution is -2.32. The minimum atomic E-state index is -1.06. The molecule has 25 heavy (non-hydrogen) atoms. The Kier molecular flexibility index (Phi) is 5.24. The van der Waals surface area contributed by atoms with Crippen LogP contribution in [0.15, 0.2) is 48.5 Å². The summed E-state index contributed by atoms with van der Waals surface area (Å²) in [4.78, 5) is 25.4. The van der Waals surface area contributed by atoms with Crippen molar-refractivity contribution < 1.29 is 19.4 Å². The first-order valence-corrected chi connectivity index (χ1v) is 8.41. The highest BCUT2D eigenvalue weighted by Crippen LogP contribution is 2.30. The van der Waals surface area contributed by atoms with E-state index in [1.807, 2.05) is 29.2 Å². The fourth-order valence-electron chi connectivity index (χ4n) is 2.57. The zero-order valence-corrected chi connectivity index (χ0v) is 14.3. The summed E-state index contributed by atoms with van der Waals surface area (Å²) in [7, 11) is 0. The third-order valence-electron chi connectivity index (χ3n) is 3.96. The molecular formula is C19H18ClNO4. The van der Waals surface area contributed by atoms with E-state index in [1.54, 1.807) is 24.3 Å². The van der Waals surface area contributed by atoms with Crippen LogP contribution in [0.5, 0.6) is 5.75 Å². The van der Waals surface area contributed by atoms with Crippen molar-refractivity contribution >= 4 is 23.5 Å². The van der Waals surface area contributed by atoms with Gasteiger partial charge >= 0.3 is 5.97 Å². The fraction of sp³-hybridized carbons (Fsp3) is 0.263. The number of aliphatic carboxylic acids is 1. The average molecular weight is 360 g/mol. The first-order chi connectivity index (χ1) is 12.0. The second kappa shape index (κ2) is 7.57. The van der Waals surface area contributed by atoms with Gasteiger partial charge in [-0.1, -0.05) is 29.8 Å². The van der Waals surface area contributed by atoms with Crippen LogP contribution in [0.3, 0.4) is 0 Å². The van der Waals surface area contributed by atoms with Crippen LogP contribution < -0.4 is 4.74 Å². The van der Waals surface area contributed by atoms with Gasteiger partial charge in [-0.15, -0.1) is 0 Å². The summed E-state index contributed by atoms with van der Waals surface area (Å²) in [5, 5.41) is 9.36. The maximum Gasteiger partial charge on any atom is 0.341 e. The number of hydrogen-bond acceptors (Lipinski definition) is 3. The lowest BCUT2D eigenvalue weighted by molar-refractivity contribution is -0.139. The van der Waals surface area contributed by atoms with Gasteiger partial charge in [-0.25, -0.2) is 4.79 Å². The molecule has 1 aliphatic carbocycles. The number of halogens is 1. The van der Waals surface area contributed by atoms with E-state index >= 15 is 0 Å². The molecule has 1 aliphatic rings. The minimum absolute atomic E-state index is 0.0850. The number of amides is 1. The molecule has 0 saturated heterocycles. The van der Waals surface area contributed by atoms with Crippen molar-refractivity contribution in [3.8, 4) is 5.75 Å². The Morgan fingerprint density at radius 2 is 1.88 bits per heavy atom. The van der Waals surface area contributed by atoms with Crippen molar-refractivity contribution in [2.24, 2.45) is 0 Å². The molecule has 1 amide bonds. The number of carbonyl (C=O) groups excluding carboxylic acids is 1. The summed E-state index contributed by atoms with van der Waals surface area (Å²) < 4.78 is 5.16. The van der Waals surface area contributed by atoms with Gasteiger partial charge in [-0.3, -0.25) is 4.79 Å². The molecule has 1 fully saturated rings. The molecule has 3 rings (SSSR count). The summed E-state index contributed by atoms with van der Waals surface area (Å²) in [5.74, 6) is -0.771. The largest absolute Gasteiger partial charge is 0.482 e. The molecule has 0 atom stereocenters. The predicted molar refractivity (Wildman–Crippen MR) is 93.9 cm³/mol. The number of benzene rings is 2. The highest BCUT2D eigenvalue weighted by atomic mass is 35.5. The van der Waals surface area contributed by atoms with Crippen molar-refractivity contribution in [3.05, 3.63) is 64.7 Å². The smallest absolute Gasteiger partial charge is 0.341 e. The standard InChI is InChI=1S/C19H18ClNO4/c20-15-6-4-13(5-7-15)11-21(16-8-9-16)19(24)14-2-1-3-17(10-14)25-12-18(22)23/h1-7,10,16H,8-9,11-12H2,(H,22,23). The van der Waals surface area contributed by atoms with Gasteiger partial charge in [0.05, 0.1) is 0 Å². The maximum absolute atomic E-state index is 12.9. The number of hydrogen-bond donors (Lipinski definition) is 1. The molecule has 5 nitrogen and oxygen atoms in total. The van der Waals surface area contributed by atoms with Crippen LogP contribution in [0.2, 0.25) is 5.02 Å². The van der Waals surface area contributed by atoms with Crippen molar-refractivity contribution in [3.63, 3.8) is 0 Å². The molecule has 0 spiro atoms. The molecule has 0 aliphatic heterocycles. The molecule has 0 aromatic heterocycles. The van der Waals surface area contributed by atoms with E-state index in [2.05, 4.69) is 0 Å². The van der Waals surface area contributed by atoms with E-state index in [1.165, 1.54) is 0 Å². The van der Waals surface area contributed by atoms with Gasteiger partial charge in [0.1, 0.15) is 5.75 Å². The molecule has 1 saturated carbocycles. The number of carboxylic acid groups (broad SMARTS) is 1. The van der Waals surface area contributed by atoms with E-state index in [0.717, 1.165) is 18.4 Å². The third kappa shape index (κ3) is 4.73. The van der Waals surface area contributed by atoms with Gasteiger partial charge in [-0.05, 0) is 48.7 Å². The Bertz CT molecular complexity index is 771. The molecule has 0 heterocycles. The highest BCUT2D eigenvalue weighted by molar-refractivity contribution is 6.30. The maximum atomic E-state index is 12.9. The molecule has 2 aromatic rings. The van der Waals surface area contributed by atoms with Gasteiger partial charge in [0, 0.05) is 23.2 Å². The van der Waals surface area contributed by atoms with Gasteiger partial charge < -0.3 is 14.7 Å². The fourth-order valence-corrected chi connectivity index (χ4v) is 2.70. The molecule has 2 aromatic carbocycles. The summed E-state index contributed by atoms with van der Waals surface area (Å²) >= 11 is 5.91. The van der Waals surface area contributed by atoms with Crippen LogP contribution >= 0.6 is 11.6 Å². The van der Waals surface area contributed by atoms with Gasteiger partial charge in [-0.2, -0.15) is 0 Å². The Morgan fingerprint density at radius 3 is 2.52 bits per heavy atom. The van der Waals surface area contributed by atoms with E-state index in [4.69, 9.17) is 21.4 Å². The van der Waals surface area contributed by atoms with Crippen LogP contribution in [-0.4, -0.2) is 34.5 Å². The number of ether oxygens (including phenoxy) is 1. The van der Waals surface area contributed by atoms with Crippen molar-refractivity contribution in [1.29, 1.82) is 0 Å². The topological polar surface area (TPSA) is 66.8 Å². The number of nitrogens with zero attached hydrogens (tertiary/aromatic N) is 1. The zero-order valence-electron chi connectivity index (χ0n) is 13.5. The first-order valence-electron chi connectivity index (χ1n) is 8.03. The average Bonchev–Trinajstić information content (AvgIpc) is 3.44. The second-order valence-corrected chi connectivity index (χ2v) is 6.44. The second-order valence-electron chi connectivity index (χ2n) is 6.00. The number of carboxylic acids is 1. The Labute approximate surface area is 150 Å². The summed E-state index contributed by atoms with van der Waals surface area (Å²) in [6, 6.07) is 14.3. The zero-order chi connectivity index (χ0) is 17.8. The Hall–Kier alpha value is -2.53. The van der Waals surface area contributed by atoms with Crippen LogP contribution in [0, 0.1) is 0 Å². The summed E-state index contributed by atoms with van der Waals surface area (Å²) in [6.07, 6.45) is 1.99. The van der Waals surface area contributed by atoms with Crippen LogP contribution in [-0.2, 0) is 11.3 Å². The molecule has 0 radical (unpaired) electrons. The Balaban J connectivity index is 1.75. The van der Waals surface area contributed by atoms with Gasteiger partial charge in [0.2, 0.25) is 0 Å². The van der Waals surface area contributed by atoms with E-state index in [-0.39, 0.29) is 11.9 Å². The van der Waals surface area contributed by atoms with Crippen LogP contribution in [0.1, 0.15) is 28.8 Å². The van der Waals surface area contributed by atoms with E-state index in [9.17, 15) is 9.59 Å². The number of carbonyl (C=O) groups is 2. The SMILES string of the molecule is O=C(O)COc1cccc(C(=O)N(Cc2ccc(Cl)cc2)C2CC2)c1. The van der Waals surface area contributed by atoms with Crippen LogP contribution in [0.4, 0.5) is 0 Å². The minimum Gasteiger partial charge on any atom is -0.482 e. The van der Waals surface area contributed by atoms with Crippen LogP contribution in [0.25, 0.3) is 0 Å². The quantitative estimate of drug-likeness (QED) is 0.820.